The highest BCUT2D eigenvalue weighted by Crippen LogP contribution is 2.61. The molecular formula is C12H20. The predicted octanol–water partition coefficient (Wildman–Crippen LogP) is 3.32. The average Bonchev–Trinajstić information content (AvgIpc) is 2.57. The molecule has 3 fully saturated rings. The number of hydrogen-bond donors (Lipinski definition) is 0. The van der Waals surface area contributed by atoms with Crippen molar-refractivity contribution in [2.24, 2.45) is 35.5 Å². The van der Waals surface area contributed by atoms with E-state index in [1.165, 1.54) is 5.92 Å². The normalized spacial score (nSPS) is 62.5. The van der Waals surface area contributed by atoms with E-state index in [0.29, 0.717) is 0 Å². The van der Waals surface area contributed by atoms with E-state index in [1.54, 1.807) is 25.7 Å². The van der Waals surface area contributed by atoms with Crippen LogP contribution in [0.5, 0.6) is 0 Å². The van der Waals surface area contributed by atoms with Gasteiger partial charge < -0.3 is 0 Å². The Kier molecular flexibility index (Phi) is 1.40. The minimum atomic E-state index is 1.05. The van der Waals surface area contributed by atoms with Crippen LogP contribution in [0.4, 0.5) is 0 Å². The lowest BCUT2D eigenvalue weighted by Crippen LogP contribution is -2.22. The van der Waals surface area contributed by atoms with Gasteiger partial charge in [-0.05, 0) is 61.2 Å². The Hall–Kier alpha value is 0. The van der Waals surface area contributed by atoms with Crippen LogP contribution in [-0.4, -0.2) is 0 Å². The zero-order valence-electron chi connectivity index (χ0n) is 8.29. The summed E-state index contributed by atoms with van der Waals surface area (Å²) in [6.07, 6.45) is 6.30. The van der Waals surface area contributed by atoms with Crippen molar-refractivity contribution >= 4 is 0 Å². The Labute approximate surface area is 75.7 Å². The van der Waals surface area contributed by atoms with E-state index in [2.05, 4.69) is 13.8 Å². The van der Waals surface area contributed by atoms with E-state index in [9.17, 15) is 0 Å². The van der Waals surface area contributed by atoms with Crippen molar-refractivity contribution in [3.63, 3.8) is 0 Å². The summed E-state index contributed by atoms with van der Waals surface area (Å²) < 4.78 is 0. The van der Waals surface area contributed by atoms with Crippen LogP contribution >= 0.6 is 0 Å². The molecule has 3 aliphatic rings. The molecule has 6 atom stereocenters. The van der Waals surface area contributed by atoms with Crippen LogP contribution in [0.25, 0.3) is 0 Å². The highest BCUT2D eigenvalue weighted by Gasteiger charge is 2.53. The Bertz CT molecular complexity index is 192. The molecule has 0 aromatic heterocycles. The summed E-state index contributed by atoms with van der Waals surface area (Å²) in [5, 5.41) is 0. The number of rotatable bonds is 0. The van der Waals surface area contributed by atoms with E-state index in [4.69, 9.17) is 0 Å². The van der Waals surface area contributed by atoms with Crippen LogP contribution in [0, 0.1) is 35.5 Å². The van der Waals surface area contributed by atoms with E-state index in [1.807, 2.05) is 0 Å². The Morgan fingerprint density at radius 3 is 2.33 bits per heavy atom. The Morgan fingerprint density at radius 1 is 0.750 bits per heavy atom. The first-order chi connectivity index (χ1) is 5.75. The minimum absolute atomic E-state index is 1.05. The molecule has 0 aliphatic heterocycles. The monoisotopic (exact) mass is 164 g/mol. The van der Waals surface area contributed by atoms with Crippen molar-refractivity contribution in [2.75, 3.05) is 0 Å². The van der Waals surface area contributed by atoms with E-state index >= 15 is 0 Å². The largest absolute Gasteiger partial charge is 0.0625 e. The standard InChI is InChI=1S/C12H20/c1-7-3-11-9-5-8(2)10(6-9)12(11)4-7/h7-12H,3-6H2,1-2H3/t7-,8-,9+,10-,11-,12+/m1/s1. The van der Waals surface area contributed by atoms with Crippen molar-refractivity contribution < 1.29 is 0 Å². The van der Waals surface area contributed by atoms with Crippen LogP contribution in [-0.2, 0) is 0 Å². The van der Waals surface area contributed by atoms with Gasteiger partial charge in [-0.15, -0.1) is 0 Å². The molecule has 0 radical (unpaired) electrons. The van der Waals surface area contributed by atoms with Gasteiger partial charge in [0.05, 0.1) is 0 Å². The molecule has 0 spiro atoms. The predicted molar refractivity (Wildman–Crippen MR) is 50.8 cm³/mol. The molecule has 0 saturated heterocycles. The fourth-order valence-electron chi connectivity index (χ4n) is 4.69. The van der Waals surface area contributed by atoms with Gasteiger partial charge in [-0.3, -0.25) is 0 Å². The Balaban J connectivity index is 1.86. The lowest BCUT2D eigenvalue weighted by atomic mass is 9.77. The molecular weight excluding hydrogens is 144 g/mol. The van der Waals surface area contributed by atoms with Gasteiger partial charge >= 0.3 is 0 Å². The molecule has 0 N–H and O–H groups in total. The molecule has 0 heteroatoms. The van der Waals surface area contributed by atoms with Gasteiger partial charge in [0.25, 0.3) is 0 Å². The molecule has 12 heavy (non-hydrogen) atoms. The third kappa shape index (κ3) is 0.791. The molecule has 0 amide bonds. The fraction of sp³-hybridized carbons (Fsp3) is 1.00. The highest BCUT2D eigenvalue weighted by atomic mass is 14.6. The summed E-state index contributed by atoms with van der Waals surface area (Å²) in [5.74, 6) is 6.75. The second kappa shape index (κ2) is 2.27. The molecule has 0 heterocycles. The van der Waals surface area contributed by atoms with Crippen molar-refractivity contribution in [2.45, 2.75) is 39.5 Å². The molecule has 3 rings (SSSR count). The molecule has 2 bridgehead atoms. The van der Waals surface area contributed by atoms with Crippen LogP contribution in [0.3, 0.4) is 0 Å². The Morgan fingerprint density at radius 2 is 1.50 bits per heavy atom. The van der Waals surface area contributed by atoms with Gasteiger partial charge in [0, 0.05) is 0 Å². The maximum absolute atomic E-state index is 2.49. The zero-order chi connectivity index (χ0) is 8.29. The molecule has 0 unspecified atom stereocenters. The van der Waals surface area contributed by atoms with E-state index in [0.717, 1.165) is 29.6 Å². The first-order valence-electron chi connectivity index (χ1n) is 5.75. The number of hydrogen-bond acceptors (Lipinski definition) is 0. The second-order valence-electron chi connectivity index (χ2n) is 5.78. The lowest BCUT2D eigenvalue weighted by Gasteiger charge is -2.29. The summed E-state index contributed by atoms with van der Waals surface area (Å²) in [7, 11) is 0. The zero-order valence-corrected chi connectivity index (χ0v) is 8.29. The molecule has 0 aromatic rings. The van der Waals surface area contributed by atoms with E-state index < -0.39 is 0 Å². The van der Waals surface area contributed by atoms with Crippen LogP contribution in [0.1, 0.15) is 39.5 Å². The average molecular weight is 164 g/mol. The van der Waals surface area contributed by atoms with Crippen LogP contribution in [0.15, 0.2) is 0 Å². The molecule has 68 valence electrons. The molecule has 3 saturated carbocycles. The summed E-state index contributed by atoms with van der Waals surface area (Å²) in [5.41, 5.74) is 0. The van der Waals surface area contributed by atoms with Crippen molar-refractivity contribution in [1.29, 1.82) is 0 Å². The quantitative estimate of drug-likeness (QED) is 0.515. The van der Waals surface area contributed by atoms with E-state index in [-0.39, 0.29) is 0 Å². The minimum Gasteiger partial charge on any atom is -0.0625 e. The van der Waals surface area contributed by atoms with Gasteiger partial charge in [-0.2, -0.15) is 0 Å². The van der Waals surface area contributed by atoms with Crippen molar-refractivity contribution in [3.8, 4) is 0 Å². The molecule has 3 aliphatic carbocycles. The third-order valence-electron chi connectivity index (χ3n) is 5.03. The maximum atomic E-state index is 2.49. The number of fused-ring (bicyclic) bond motifs is 5. The SMILES string of the molecule is C[C@H]1C[C@@H]2[C@H](C1)[C@@H]1C[C@@H]2[C@H](C)C1. The summed E-state index contributed by atoms with van der Waals surface area (Å²) in [6.45, 7) is 4.95. The van der Waals surface area contributed by atoms with Gasteiger partial charge in [-0.1, -0.05) is 13.8 Å². The first-order valence-corrected chi connectivity index (χ1v) is 5.75. The maximum Gasteiger partial charge on any atom is -0.0349 e. The third-order valence-corrected chi connectivity index (χ3v) is 5.03. The molecule has 0 nitrogen and oxygen atoms in total. The van der Waals surface area contributed by atoms with Crippen molar-refractivity contribution in [3.05, 3.63) is 0 Å². The highest BCUT2D eigenvalue weighted by molar-refractivity contribution is 5.02. The molecule has 0 aromatic carbocycles. The van der Waals surface area contributed by atoms with Gasteiger partial charge in [0.1, 0.15) is 0 Å². The van der Waals surface area contributed by atoms with Gasteiger partial charge in [0.15, 0.2) is 0 Å². The summed E-state index contributed by atoms with van der Waals surface area (Å²) >= 11 is 0. The second-order valence-corrected chi connectivity index (χ2v) is 5.78. The lowest BCUT2D eigenvalue weighted by molar-refractivity contribution is 0.201. The first kappa shape index (κ1) is 7.41. The van der Waals surface area contributed by atoms with Crippen molar-refractivity contribution in [1.82, 2.24) is 0 Å². The van der Waals surface area contributed by atoms with Crippen LogP contribution in [0.2, 0.25) is 0 Å². The smallest absolute Gasteiger partial charge is 0.0349 e. The fourth-order valence-corrected chi connectivity index (χ4v) is 4.69. The van der Waals surface area contributed by atoms with Gasteiger partial charge in [0.2, 0.25) is 0 Å². The summed E-state index contributed by atoms with van der Waals surface area (Å²) in [6, 6.07) is 0. The topological polar surface area (TPSA) is 0 Å². The summed E-state index contributed by atoms with van der Waals surface area (Å²) in [4.78, 5) is 0. The van der Waals surface area contributed by atoms with Gasteiger partial charge in [-0.25, -0.2) is 0 Å². The van der Waals surface area contributed by atoms with Crippen LogP contribution < -0.4 is 0 Å².